The van der Waals surface area contributed by atoms with Gasteiger partial charge < -0.3 is 15.6 Å². The number of piperidine rings is 1. The fourth-order valence-electron chi connectivity index (χ4n) is 2.76. The lowest BCUT2D eigenvalue weighted by atomic mass is 10.1. The van der Waals surface area contributed by atoms with Crippen molar-refractivity contribution in [1.82, 2.24) is 19.5 Å². The van der Waals surface area contributed by atoms with E-state index in [1.807, 2.05) is 24.0 Å². The van der Waals surface area contributed by atoms with Gasteiger partial charge in [0.1, 0.15) is 0 Å². The molecule has 0 spiro atoms. The molecule has 2 aromatic heterocycles. The van der Waals surface area contributed by atoms with Crippen LogP contribution >= 0.6 is 0 Å². The first-order chi connectivity index (χ1) is 10.6. The Kier molecular flexibility index (Phi) is 3.84. The highest BCUT2D eigenvalue weighted by Gasteiger charge is 2.21. The molecular weight excluding hydrogens is 284 g/mol. The molecule has 1 saturated heterocycles. The average Bonchev–Trinajstić information content (AvgIpc) is 2.93. The average molecular weight is 304 g/mol. The van der Waals surface area contributed by atoms with E-state index < -0.39 is 11.2 Å². The van der Waals surface area contributed by atoms with Crippen molar-refractivity contribution in [3.63, 3.8) is 0 Å². The van der Waals surface area contributed by atoms with E-state index in [-0.39, 0.29) is 6.04 Å². The second-order valence-electron chi connectivity index (χ2n) is 5.55. The third-order valence-electron chi connectivity index (χ3n) is 3.90. The molecule has 4 N–H and O–H groups in total. The Bertz CT molecular complexity index is 815. The number of imidazole rings is 1. The number of nitrogens with two attached hydrogens (primary N) is 1. The van der Waals surface area contributed by atoms with Crippen molar-refractivity contribution < 1.29 is 0 Å². The van der Waals surface area contributed by atoms with Gasteiger partial charge in [0, 0.05) is 25.7 Å². The summed E-state index contributed by atoms with van der Waals surface area (Å²) in [6.45, 7) is 3.77. The second kappa shape index (κ2) is 5.80. The Morgan fingerprint density at radius 2 is 2.23 bits per heavy atom. The monoisotopic (exact) mass is 304 g/mol. The lowest BCUT2D eigenvalue weighted by Crippen LogP contribution is -2.43. The van der Waals surface area contributed by atoms with Crippen LogP contribution < -0.4 is 21.9 Å². The lowest BCUT2D eigenvalue weighted by Gasteiger charge is -2.30. The Balaban J connectivity index is 2.10. The van der Waals surface area contributed by atoms with E-state index in [4.69, 9.17) is 5.73 Å². The number of rotatable bonds is 3. The molecule has 0 aromatic carbocycles. The highest BCUT2D eigenvalue weighted by Crippen LogP contribution is 2.18. The van der Waals surface area contributed by atoms with E-state index in [0.29, 0.717) is 30.2 Å². The maximum absolute atomic E-state index is 12.0. The predicted octanol–water partition coefficient (Wildman–Crippen LogP) is -0.0835. The highest BCUT2D eigenvalue weighted by atomic mass is 16.2. The standard InChI is InChI=1S/C14H20N6O2/c1-2-3-7-20-11-10(12(21)18-14(20)22)16-13(17-11)19-6-4-5-9(15)8-19/h2-3,9H,4-8,15H2,1H3,(H,16,17)(H,18,21,22). The number of H-pyrrole nitrogens is 2. The van der Waals surface area contributed by atoms with Gasteiger partial charge in [-0.3, -0.25) is 14.3 Å². The minimum absolute atomic E-state index is 0.102. The van der Waals surface area contributed by atoms with Crippen LogP contribution in [0.2, 0.25) is 0 Å². The first-order valence-electron chi connectivity index (χ1n) is 7.44. The van der Waals surface area contributed by atoms with Gasteiger partial charge in [-0.15, -0.1) is 0 Å². The molecule has 1 aliphatic rings. The number of hydrogen-bond acceptors (Lipinski definition) is 5. The van der Waals surface area contributed by atoms with Crippen molar-refractivity contribution in [2.45, 2.75) is 32.4 Å². The molecule has 2 aromatic rings. The van der Waals surface area contributed by atoms with Crippen LogP contribution in [0.15, 0.2) is 21.7 Å². The third-order valence-corrected chi connectivity index (χ3v) is 3.90. The second-order valence-corrected chi connectivity index (χ2v) is 5.55. The van der Waals surface area contributed by atoms with Crippen LogP contribution in [0.1, 0.15) is 19.8 Å². The fraction of sp³-hybridized carbons (Fsp3) is 0.500. The number of hydrogen-bond donors (Lipinski definition) is 3. The number of aromatic amines is 2. The van der Waals surface area contributed by atoms with Gasteiger partial charge in [-0.2, -0.15) is 4.98 Å². The Morgan fingerprint density at radius 3 is 2.95 bits per heavy atom. The summed E-state index contributed by atoms with van der Waals surface area (Å²) >= 11 is 0. The van der Waals surface area contributed by atoms with Crippen LogP contribution in [0.5, 0.6) is 0 Å². The minimum Gasteiger partial charge on any atom is -0.341 e. The molecule has 1 fully saturated rings. The van der Waals surface area contributed by atoms with Crippen LogP contribution in [0, 0.1) is 0 Å². The molecule has 1 atom stereocenters. The maximum Gasteiger partial charge on any atom is 0.330 e. The summed E-state index contributed by atoms with van der Waals surface area (Å²) in [5.41, 5.74) is 5.78. The number of anilines is 1. The molecule has 22 heavy (non-hydrogen) atoms. The van der Waals surface area contributed by atoms with Crippen molar-refractivity contribution in [2.75, 3.05) is 18.0 Å². The van der Waals surface area contributed by atoms with E-state index in [1.54, 1.807) is 0 Å². The smallest absolute Gasteiger partial charge is 0.330 e. The van der Waals surface area contributed by atoms with Crippen molar-refractivity contribution in [3.8, 4) is 0 Å². The minimum atomic E-state index is -0.455. The van der Waals surface area contributed by atoms with Crippen molar-refractivity contribution >= 4 is 17.1 Å². The first-order valence-corrected chi connectivity index (χ1v) is 7.44. The van der Waals surface area contributed by atoms with Crippen LogP contribution in [-0.2, 0) is 6.54 Å². The van der Waals surface area contributed by atoms with E-state index in [1.165, 1.54) is 4.57 Å². The van der Waals surface area contributed by atoms with Gasteiger partial charge in [0.25, 0.3) is 5.56 Å². The van der Waals surface area contributed by atoms with Gasteiger partial charge in [-0.1, -0.05) is 12.2 Å². The zero-order chi connectivity index (χ0) is 15.7. The molecular formula is C14H20N6O2. The van der Waals surface area contributed by atoms with Crippen LogP contribution in [0.3, 0.4) is 0 Å². The van der Waals surface area contributed by atoms with E-state index >= 15 is 0 Å². The molecule has 0 radical (unpaired) electrons. The quantitative estimate of drug-likeness (QED) is 0.686. The number of fused-ring (bicyclic) bond motifs is 1. The summed E-state index contributed by atoms with van der Waals surface area (Å²) in [7, 11) is 0. The molecule has 3 heterocycles. The Labute approximate surface area is 126 Å². The Hall–Kier alpha value is -2.35. The van der Waals surface area contributed by atoms with Gasteiger partial charge in [0.05, 0.1) is 0 Å². The summed E-state index contributed by atoms with van der Waals surface area (Å²) in [6.07, 6.45) is 5.66. The zero-order valence-corrected chi connectivity index (χ0v) is 12.5. The molecule has 1 aliphatic heterocycles. The SMILES string of the molecule is CC=CCn1c(=O)[nH]c(=O)c2[nH]c(N3CCCC(N)C3)nc21. The molecule has 0 aliphatic carbocycles. The topological polar surface area (TPSA) is 113 Å². The maximum atomic E-state index is 12.0. The van der Waals surface area contributed by atoms with Crippen LogP contribution in [0.25, 0.3) is 11.2 Å². The van der Waals surface area contributed by atoms with E-state index in [0.717, 1.165) is 19.4 Å². The molecule has 8 nitrogen and oxygen atoms in total. The molecule has 0 saturated carbocycles. The summed E-state index contributed by atoms with van der Waals surface area (Å²) in [5, 5.41) is 0. The lowest BCUT2D eigenvalue weighted by molar-refractivity contribution is 0.501. The normalized spacial score (nSPS) is 19.4. The Morgan fingerprint density at radius 1 is 1.41 bits per heavy atom. The van der Waals surface area contributed by atoms with Gasteiger partial charge in [0.2, 0.25) is 5.95 Å². The van der Waals surface area contributed by atoms with E-state index in [9.17, 15) is 9.59 Å². The highest BCUT2D eigenvalue weighted by molar-refractivity contribution is 5.73. The fourth-order valence-corrected chi connectivity index (χ4v) is 2.76. The molecule has 0 bridgehead atoms. The van der Waals surface area contributed by atoms with Gasteiger partial charge in [0.15, 0.2) is 11.2 Å². The van der Waals surface area contributed by atoms with Crippen LogP contribution in [-0.4, -0.2) is 38.7 Å². The molecule has 0 amide bonds. The summed E-state index contributed by atoms with van der Waals surface area (Å²) in [4.78, 5) is 35.8. The van der Waals surface area contributed by atoms with Crippen LogP contribution in [0.4, 0.5) is 5.95 Å². The molecule has 118 valence electrons. The first kappa shape index (κ1) is 14.6. The van der Waals surface area contributed by atoms with Gasteiger partial charge in [-0.25, -0.2) is 4.79 Å². The summed E-state index contributed by atoms with van der Waals surface area (Å²) < 4.78 is 1.45. The van der Waals surface area contributed by atoms with Crippen molar-refractivity contribution in [2.24, 2.45) is 5.73 Å². The molecule has 8 heteroatoms. The van der Waals surface area contributed by atoms with Gasteiger partial charge in [-0.05, 0) is 19.8 Å². The summed E-state index contributed by atoms with van der Waals surface area (Å²) in [6, 6.07) is 0.102. The van der Waals surface area contributed by atoms with Crippen molar-refractivity contribution in [3.05, 3.63) is 33.0 Å². The molecule has 3 rings (SSSR count). The number of aromatic nitrogens is 4. The number of allylic oxidation sites excluding steroid dienone is 2. The van der Waals surface area contributed by atoms with E-state index in [2.05, 4.69) is 15.0 Å². The number of nitrogens with zero attached hydrogens (tertiary/aromatic N) is 3. The predicted molar refractivity (Wildman–Crippen MR) is 85.2 cm³/mol. The van der Waals surface area contributed by atoms with Gasteiger partial charge >= 0.3 is 5.69 Å². The largest absolute Gasteiger partial charge is 0.341 e. The molecule has 1 unspecified atom stereocenters. The number of nitrogens with one attached hydrogen (secondary N) is 2. The third kappa shape index (κ3) is 2.57. The summed E-state index contributed by atoms with van der Waals surface area (Å²) in [5.74, 6) is 0.593. The zero-order valence-electron chi connectivity index (χ0n) is 12.5. The van der Waals surface area contributed by atoms with Crippen molar-refractivity contribution in [1.29, 1.82) is 0 Å².